The molecule has 0 saturated heterocycles. The third-order valence-corrected chi connectivity index (χ3v) is 3.79. The van der Waals surface area contributed by atoms with Gasteiger partial charge in [-0.25, -0.2) is 9.97 Å². The minimum absolute atomic E-state index is 0.0772. The maximum Gasteiger partial charge on any atom is 0.280 e. The molecule has 0 spiro atoms. The molecule has 2 rings (SSSR count). The van der Waals surface area contributed by atoms with Crippen molar-refractivity contribution >= 4 is 41.0 Å². The van der Waals surface area contributed by atoms with Crippen LogP contribution in [0.1, 0.15) is 22.5 Å². The second kappa shape index (κ2) is 10.1. The number of hydrogen-bond donors (Lipinski definition) is 5. The minimum Gasteiger partial charge on any atom is -0.382 e. The molecule has 0 unspecified atom stereocenters. The number of carbonyl (C=O) groups is 2. The third kappa shape index (κ3) is 6.40. The van der Waals surface area contributed by atoms with Gasteiger partial charge >= 0.3 is 0 Å². The van der Waals surface area contributed by atoms with Gasteiger partial charge in [0.25, 0.3) is 5.91 Å². The number of benzene rings is 1. The van der Waals surface area contributed by atoms with E-state index in [1.807, 2.05) is 30.3 Å². The van der Waals surface area contributed by atoms with Crippen molar-refractivity contribution in [3.05, 3.63) is 46.7 Å². The van der Waals surface area contributed by atoms with Crippen LogP contribution in [0, 0.1) is 0 Å². The molecule has 0 aliphatic rings. The Morgan fingerprint density at radius 3 is 2.54 bits per heavy atom. The third-order valence-electron chi connectivity index (χ3n) is 3.51. The molecular weight excluding hydrogens is 384 g/mol. The van der Waals surface area contributed by atoms with Gasteiger partial charge in [-0.15, -0.1) is 0 Å². The van der Waals surface area contributed by atoms with Gasteiger partial charge in [-0.1, -0.05) is 41.9 Å². The Morgan fingerprint density at radius 1 is 1.11 bits per heavy atom. The molecule has 0 aliphatic heterocycles. The molecule has 148 valence electrons. The molecule has 0 bridgehead atoms. The molecule has 0 atom stereocenters. The Kier molecular flexibility index (Phi) is 7.52. The van der Waals surface area contributed by atoms with Crippen LogP contribution in [0.2, 0.25) is 5.15 Å². The lowest BCUT2D eigenvalue weighted by atomic mass is 10.1. The second-order valence-corrected chi connectivity index (χ2v) is 6.08. The predicted molar refractivity (Wildman–Crippen MR) is 108 cm³/mol. The van der Waals surface area contributed by atoms with Crippen molar-refractivity contribution < 1.29 is 9.59 Å². The highest BCUT2D eigenvalue weighted by atomic mass is 35.5. The molecule has 1 heterocycles. The van der Waals surface area contributed by atoms with E-state index in [9.17, 15) is 9.59 Å². The summed E-state index contributed by atoms with van der Waals surface area (Å²) in [7, 11) is 0. The first kappa shape index (κ1) is 20.9. The lowest BCUT2D eigenvalue weighted by molar-refractivity contribution is -0.120. The number of nitrogens with one attached hydrogen (secondary N) is 2. The Balaban J connectivity index is 1.73. The summed E-state index contributed by atoms with van der Waals surface area (Å²) in [6, 6.07) is 9.43. The van der Waals surface area contributed by atoms with Crippen molar-refractivity contribution in [2.45, 2.75) is 12.8 Å². The molecule has 1 aromatic heterocycles. The van der Waals surface area contributed by atoms with Crippen molar-refractivity contribution in [2.75, 3.05) is 24.6 Å². The molecule has 28 heavy (non-hydrogen) atoms. The normalized spacial score (nSPS) is 11.1. The molecule has 0 fully saturated rings. The van der Waals surface area contributed by atoms with E-state index in [0.29, 0.717) is 25.9 Å². The van der Waals surface area contributed by atoms with Crippen LogP contribution in [0.4, 0.5) is 11.6 Å². The summed E-state index contributed by atoms with van der Waals surface area (Å²) in [5.41, 5.74) is 17.4. The Hall–Kier alpha value is -3.40. The molecule has 2 aromatic rings. The summed E-state index contributed by atoms with van der Waals surface area (Å²) in [6.45, 7) is 0.740. The fraction of sp³-hybridized carbons (Fsp3) is 0.235. The number of nitrogens with zero attached hydrogens (tertiary/aromatic N) is 3. The van der Waals surface area contributed by atoms with E-state index in [1.165, 1.54) is 0 Å². The van der Waals surface area contributed by atoms with E-state index in [-0.39, 0.29) is 34.3 Å². The number of aromatic nitrogens is 2. The van der Waals surface area contributed by atoms with Gasteiger partial charge < -0.3 is 22.5 Å². The maximum atomic E-state index is 12.1. The highest BCUT2D eigenvalue weighted by Gasteiger charge is 2.16. The molecule has 0 radical (unpaired) electrons. The standard InChI is InChI=1S/C17H21ClN8O2/c18-13-15(20)25-14(19)12(24-13)16(28)26-17(21)23-8-4-7-22-11(27)9-10-5-2-1-3-6-10/h1-3,5-6H,4,7-9H2,(H,22,27)(H4,19,20,25)(H3,21,23,26,28). The van der Waals surface area contributed by atoms with E-state index in [1.54, 1.807) is 0 Å². The number of anilines is 2. The molecule has 1 aromatic carbocycles. The summed E-state index contributed by atoms with van der Waals surface area (Å²) in [5.74, 6) is -1.15. The zero-order chi connectivity index (χ0) is 20.5. The number of aliphatic imine (C=N–C) groups is 1. The molecule has 0 aliphatic carbocycles. The molecule has 0 saturated carbocycles. The predicted octanol–water partition coefficient (Wildman–Crippen LogP) is 0.0879. The highest BCUT2D eigenvalue weighted by Crippen LogP contribution is 2.17. The Labute approximate surface area is 166 Å². The van der Waals surface area contributed by atoms with Crippen molar-refractivity contribution in [3.63, 3.8) is 0 Å². The monoisotopic (exact) mass is 404 g/mol. The summed E-state index contributed by atoms with van der Waals surface area (Å²) in [5, 5.41) is 4.99. The van der Waals surface area contributed by atoms with E-state index in [0.717, 1.165) is 5.56 Å². The minimum atomic E-state index is -0.704. The van der Waals surface area contributed by atoms with Gasteiger partial charge in [0.15, 0.2) is 28.4 Å². The Bertz CT molecular complexity index is 873. The van der Waals surface area contributed by atoms with Gasteiger partial charge in [-0.3, -0.25) is 19.9 Å². The topological polar surface area (TPSA) is 174 Å². The zero-order valence-corrected chi connectivity index (χ0v) is 15.7. The van der Waals surface area contributed by atoms with Crippen LogP contribution in [0.15, 0.2) is 35.3 Å². The zero-order valence-electron chi connectivity index (χ0n) is 15.0. The fourth-order valence-corrected chi connectivity index (χ4v) is 2.30. The van der Waals surface area contributed by atoms with Crippen LogP contribution in [0.5, 0.6) is 0 Å². The van der Waals surface area contributed by atoms with Crippen LogP contribution in [0.25, 0.3) is 0 Å². The average Bonchev–Trinajstić information content (AvgIpc) is 2.65. The number of rotatable bonds is 7. The molecule has 8 N–H and O–H groups in total. The molecular formula is C17H21ClN8O2. The largest absolute Gasteiger partial charge is 0.382 e. The van der Waals surface area contributed by atoms with Crippen molar-refractivity contribution in [3.8, 4) is 0 Å². The van der Waals surface area contributed by atoms with Crippen LogP contribution in [-0.2, 0) is 11.2 Å². The van der Waals surface area contributed by atoms with E-state index >= 15 is 0 Å². The SMILES string of the molecule is NC(=NCCCNC(=O)Cc1ccccc1)NC(=O)c1nc(Cl)c(N)nc1N. The van der Waals surface area contributed by atoms with E-state index < -0.39 is 5.91 Å². The van der Waals surface area contributed by atoms with Crippen molar-refractivity contribution in [2.24, 2.45) is 10.7 Å². The van der Waals surface area contributed by atoms with Crippen LogP contribution >= 0.6 is 11.6 Å². The van der Waals surface area contributed by atoms with Gasteiger partial charge in [-0.2, -0.15) is 0 Å². The first-order valence-corrected chi connectivity index (χ1v) is 8.75. The van der Waals surface area contributed by atoms with Crippen LogP contribution in [-0.4, -0.2) is 40.8 Å². The average molecular weight is 405 g/mol. The van der Waals surface area contributed by atoms with Gasteiger partial charge in [0, 0.05) is 13.1 Å². The maximum absolute atomic E-state index is 12.1. The van der Waals surface area contributed by atoms with Crippen LogP contribution in [0.3, 0.4) is 0 Å². The number of halogens is 1. The summed E-state index contributed by atoms with van der Waals surface area (Å²) in [6.07, 6.45) is 0.863. The van der Waals surface area contributed by atoms with Crippen molar-refractivity contribution in [1.82, 2.24) is 20.6 Å². The van der Waals surface area contributed by atoms with Crippen molar-refractivity contribution in [1.29, 1.82) is 0 Å². The highest BCUT2D eigenvalue weighted by molar-refractivity contribution is 6.31. The summed E-state index contributed by atoms with van der Waals surface area (Å²) < 4.78 is 0. The number of hydrogen-bond acceptors (Lipinski definition) is 7. The van der Waals surface area contributed by atoms with E-state index in [2.05, 4.69) is 25.6 Å². The van der Waals surface area contributed by atoms with Crippen LogP contribution < -0.4 is 27.8 Å². The molecule has 10 nitrogen and oxygen atoms in total. The quantitative estimate of drug-likeness (QED) is 0.247. The molecule has 2 amide bonds. The van der Waals surface area contributed by atoms with Gasteiger partial charge in [0.05, 0.1) is 6.42 Å². The lowest BCUT2D eigenvalue weighted by Gasteiger charge is -2.07. The number of guanidine groups is 1. The van der Waals surface area contributed by atoms with Gasteiger partial charge in [0.1, 0.15) is 0 Å². The first-order chi connectivity index (χ1) is 13.4. The Morgan fingerprint density at radius 2 is 1.82 bits per heavy atom. The number of carbonyl (C=O) groups excluding carboxylic acids is 2. The fourth-order valence-electron chi connectivity index (χ4n) is 2.17. The number of nitrogen functional groups attached to an aromatic ring is 2. The summed E-state index contributed by atoms with van der Waals surface area (Å²) in [4.78, 5) is 35.4. The second-order valence-electron chi connectivity index (χ2n) is 5.72. The lowest BCUT2D eigenvalue weighted by Crippen LogP contribution is -2.38. The van der Waals surface area contributed by atoms with E-state index in [4.69, 9.17) is 28.8 Å². The smallest absolute Gasteiger partial charge is 0.280 e. The van der Waals surface area contributed by atoms with Gasteiger partial charge in [-0.05, 0) is 12.0 Å². The molecule has 11 heteroatoms. The first-order valence-electron chi connectivity index (χ1n) is 8.37. The van der Waals surface area contributed by atoms with Gasteiger partial charge in [0.2, 0.25) is 5.91 Å². The summed E-state index contributed by atoms with van der Waals surface area (Å²) >= 11 is 5.73. The number of amides is 2. The number of nitrogens with two attached hydrogens (primary N) is 3.